The summed E-state index contributed by atoms with van der Waals surface area (Å²) in [5.74, 6) is 0.0948. The summed E-state index contributed by atoms with van der Waals surface area (Å²) in [6.07, 6.45) is 7.52. The monoisotopic (exact) mass is 469 g/mol. The summed E-state index contributed by atoms with van der Waals surface area (Å²) >= 11 is 0. The van der Waals surface area contributed by atoms with Crippen LogP contribution in [0.3, 0.4) is 0 Å². The molecule has 0 spiro atoms. The molecule has 0 atom stereocenters. The average molecular weight is 470 g/mol. The third-order valence-corrected chi connectivity index (χ3v) is 7.05. The van der Waals surface area contributed by atoms with Gasteiger partial charge in [-0.3, -0.25) is 14.5 Å². The van der Waals surface area contributed by atoms with Crippen LogP contribution in [0.25, 0.3) is 22.0 Å². The van der Waals surface area contributed by atoms with Crippen LogP contribution in [0.5, 0.6) is 0 Å². The van der Waals surface area contributed by atoms with Gasteiger partial charge < -0.3 is 9.64 Å². The van der Waals surface area contributed by atoms with Gasteiger partial charge in [0.2, 0.25) is 17.3 Å². The predicted octanol–water partition coefficient (Wildman–Crippen LogP) is 3.78. The van der Waals surface area contributed by atoms with Crippen LogP contribution in [0, 0.1) is 0 Å². The summed E-state index contributed by atoms with van der Waals surface area (Å²) in [7, 11) is 0. The fourth-order valence-electron chi connectivity index (χ4n) is 5.07. The number of nitrogens with zero attached hydrogens (tertiary/aromatic N) is 6. The Kier molecular flexibility index (Phi) is 5.33. The number of aromatic nitrogens is 3. The van der Waals surface area contributed by atoms with E-state index in [1.54, 1.807) is 6.92 Å². The second-order valence-corrected chi connectivity index (χ2v) is 9.64. The van der Waals surface area contributed by atoms with E-state index in [1.807, 2.05) is 28.2 Å². The lowest BCUT2D eigenvalue weighted by molar-refractivity contribution is -0.483. The van der Waals surface area contributed by atoms with E-state index >= 15 is 0 Å². The summed E-state index contributed by atoms with van der Waals surface area (Å²) in [6, 6.07) is 8.71. The molecule has 1 aromatic carbocycles. The van der Waals surface area contributed by atoms with Crippen LogP contribution in [0.1, 0.15) is 45.2 Å². The van der Waals surface area contributed by atoms with Gasteiger partial charge in [0.1, 0.15) is 6.61 Å². The standard InChI is InChI=1S/C27H29N6O2/c1-17(2)32-14-20(12-29-32)25-11-19-5-4-6-22(23(19)13-28-25)27-24-15-31(18(3)34)9-7-26(24)33(30-27)21-8-10-35-16-21/h4-6,11-14,17H,7-10,15-16H2,1-3H3/q+1/b33-21+. The first-order valence-electron chi connectivity index (χ1n) is 12.2. The third-order valence-electron chi connectivity index (χ3n) is 7.05. The molecule has 1 saturated heterocycles. The van der Waals surface area contributed by atoms with E-state index in [4.69, 9.17) is 14.8 Å². The molecule has 3 aliphatic heterocycles. The molecule has 6 rings (SSSR count). The van der Waals surface area contributed by atoms with E-state index in [-0.39, 0.29) is 5.91 Å². The number of pyridine rings is 1. The van der Waals surface area contributed by atoms with Crippen LogP contribution < -0.4 is 0 Å². The Morgan fingerprint density at radius 3 is 2.83 bits per heavy atom. The highest BCUT2D eigenvalue weighted by Crippen LogP contribution is 2.33. The van der Waals surface area contributed by atoms with Gasteiger partial charge in [-0.1, -0.05) is 22.9 Å². The van der Waals surface area contributed by atoms with Gasteiger partial charge >= 0.3 is 0 Å². The number of fused-ring (bicyclic) bond motifs is 1. The number of carbonyl (C=O) groups excluding carboxylic acids is 1. The molecule has 3 aromatic rings. The smallest absolute Gasteiger partial charge is 0.223 e. The van der Waals surface area contributed by atoms with Crippen molar-refractivity contribution >= 4 is 28.1 Å². The van der Waals surface area contributed by atoms with Crippen molar-refractivity contribution in [3.05, 3.63) is 59.7 Å². The largest absolute Gasteiger partial charge is 0.370 e. The maximum Gasteiger partial charge on any atom is 0.223 e. The van der Waals surface area contributed by atoms with E-state index in [1.165, 1.54) is 11.4 Å². The minimum absolute atomic E-state index is 0.0948. The minimum Gasteiger partial charge on any atom is -0.370 e. The van der Waals surface area contributed by atoms with Crippen LogP contribution in [-0.4, -0.2) is 68.0 Å². The Balaban J connectivity index is 1.46. The van der Waals surface area contributed by atoms with E-state index in [9.17, 15) is 4.79 Å². The van der Waals surface area contributed by atoms with Gasteiger partial charge in [0.05, 0.1) is 43.5 Å². The Labute approximate surface area is 204 Å². The molecule has 8 heteroatoms. The third kappa shape index (κ3) is 3.78. The molecule has 0 aliphatic carbocycles. The van der Waals surface area contributed by atoms with Crippen molar-refractivity contribution < 1.29 is 14.2 Å². The van der Waals surface area contributed by atoms with Crippen molar-refractivity contribution in [2.24, 2.45) is 5.10 Å². The van der Waals surface area contributed by atoms with Crippen LogP contribution in [0.2, 0.25) is 0 Å². The first-order valence-corrected chi connectivity index (χ1v) is 12.2. The van der Waals surface area contributed by atoms with Gasteiger partial charge in [0, 0.05) is 53.5 Å². The molecule has 0 radical (unpaired) electrons. The summed E-state index contributed by atoms with van der Waals surface area (Å²) in [6.45, 7) is 8.48. The molecule has 0 unspecified atom stereocenters. The fourth-order valence-corrected chi connectivity index (χ4v) is 5.07. The van der Waals surface area contributed by atoms with Gasteiger partial charge in [0.15, 0.2) is 5.71 Å². The molecule has 178 valence electrons. The molecule has 8 nitrogen and oxygen atoms in total. The molecule has 0 saturated carbocycles. The normalized spacial score (nSPS) is 20.2. The molecule has 1 fully saturated rings. The summed E-state index contributed by atoms with van der Waals surface area (Å²) < 4.78 is 9.68. The zero-order valence-corrected chi connectivity index (χ0v) is 20.4. The van der Waals surface area contributed by atoms with Crippen molar-refractivity contribution in [1.82, 2.24) is 19.7 Å². The lowest BCUT2D eigenvalue weighted by Gasteiger charge is -2.25. The average Bonchev–Trinajstić information content (AvgIpc) is 3.62. The predicted molar refractivity (Wildman–Crippen MR) is 134 cm³/mol. The summed E-state index contributed by atoms with van der Waals surface area (Å²) in [5.41, 5.74) is 7.38. The van der Waals surface area contributed by atoms with Gasteiger partial charge in [-0.05, 0) is 25.3 Å². The maximum absolute atomic E-state index is 12.2. The van der Waals surface area contributed by atoms with Crippen molar-refractivity contribution in [1.29, 1.82) is 0 Å². The van der Waals surface area contributed by atoms with E-state index in [0.29, 0.717) is 25.7 Å². The second kappa shape index (κ2) is 8.53. The number of benzene rings is 1. The number of hydrogen-bond acceptors (Lipinski definition) is 5. The molecule has 1 amide bonds. The number of carbonyl (C=O) groups is 1. The lowest BCUT2D eigenvalue weighted by Crippen LogP contribution is -2.37. The minimum atomic E-state index is 0.0948. The second-order valence-electron chi connectivity index (χ2n) is 9.64. The SMILES string of the molecule is CC(=O)N1CCC2=C(C1)C(c1cccc3cc(-c4cnn(C(C)C)c4)ncc13)=N/[N+]2=C1\CCOC1. The summed E-state index contributed by atoms with van der Waals surface area (Å²) in [4.78, 5) is 18.9. The first-order chi connectivity index (χ1) is 17.0. The lowest BCUT2D eigenvalue weighted by atomic mass is 9.94. The molecule has 0 bridgehead atoms. The highest BCUT2D eigenvalue weighted by Gasteiger charge is 2.40. The van der Waals surface area contributed by atoms with Crippen LogP contribution in [0.15, 0.2) is 59.2 Å². The van der Waals surface area contributed by atoms with E-state index in [2.05, 4.69) is 47.9 Å². The number of amides is 1. The molecule has 3 aliphatic rings. The Morgan fingerprint density at radius 1 is 1.20 bits per heavy atom. The zero-order valence-electron chi connectivity index (χ0n) is 20.4. The maximum atomic E-state index is 12.2. The molecular formula is C27H29N6O2+. The highest BCUT2D eigenvalue weighted by molar-refractivity contribution is 6.20. The topological polar surface area (TPSA) is 75.6 Å². The highest BCUT2D eigenvalue weighted by atomic mass is 16.5. The van der Waals surface area contributed by atoms with Crippen molar-refractivity contribution in [3.8, 4) is 11.3 Å². The van der Waals surface area contributed by atoms with Gasteiger partial charge in [-0.25, -0.2) is 0 Å². The Morgan fingerprint density at radius 2 is 2.09 bits per heavy atom. The molecule has 35 heavy (non-hydrogen) atoms. The van der Waals surface area contributed by atoms with Crippen LogP contribution in [0.4, 0.5) is 0 Å². The Bertz CT molecular complexity index is 1440. The molecule has 5 heterocycles. The molecule has 0 N–H and O–H groups in total. The number of ether oxygens (including phenoxy) is 1. The zero-order chi connectivity index (χ0) is 24.1. The molecule has 2 aromatic heterocycles. The number of hydrazone groups is 1. The first kappa shape index (κ1) is 21.9. The van der Waals surface area contributed by atoms with Gasteiger partial charge in [0.25, 0.3) is 0 Å². The van der Waals surface area contributed by atoms with Crippen molar-refractivity contribution in [3.63, 3.8) is 0 Å². The molecular weight excluding hydrogens is 440 g/mol. The van der Waals surface area contributed by atoms with Gasteiger partial charge in [-0.15, -0.1) is 0 Å². The van der Waals surface area contributed by atoms with Gasteiger partial charge in [-0.2, -0.15) is 5.10 Å². The van der Waals surface area contributed by atoms with Crippen molar-refractivity contribution in [2.45, 2.75) is 39.7 Å². The summed E-state index contributed by atoms with van der Waals surface area (Å²) in [5, 5.41) is 11.7. The van der Waals surface area contributed by atoms with Crippen LogP contribution in [-0.2, 0) is 9.53 Å². The number of rotatable bonds is 3. The quantitative estimate of drug-likeness (QED) is 0.547. The Hall–Kier alpha value is -3.65. The number of hydrogen-bond donors (Lipinski definition) is 0. The van der Waals surface area contributed by atoms with Crippen molar-refractivity contribution in [2.75, 3.05) is 26.3 Å². The van der Waals surface area contributed by atoms with E-state index < -0.39 is 0 Å². The van der Waals surface area contributed by atoms with E-state index in [0.717, 1.165) is 58.3 Å². The fraction of sp³-hybridized carbons (Fsp3) is 0.370. The van der Waals surface area contributed by atoms with Crippen LogP contribution >= 0.6 is 0 Å².